The third kappa shape index (κ3) is 4.16. The van der Waals surface area contributed by atoms with Gasteiger partial charge in [0.25, 0.3) is 0 Å². The van der Waals surface area contributed by atoms with Gasteiger partial charge in [-0.15, -0.1) is 10.2 Å². The molecule has 0 N–H and O–H groups in total. The number of rotatable bonds is 7. The quantitative estimate of drug-likeness (QED) is 0.707. The Hall–Kier alpha value is -1.22. The molecule has 1 rings (SSSR count). The van der Waals surface area contributed by atoms with Crippen LogP contribution in [-0.4, -0.2) is 55.9 Å². The highest BCUT2D eigenvalue weighted by Gasteiger charge is 2.30. The number of anilines is 1. The zero-order chi connectivity index (χ0) is 16.9. The Morgan fingerprint density at radius 3 is 2.36 bits per heavy atom. The summed E-state index contributed by atoms with van der Waals surface area (Å²) in [5.74, 6) is 0. The first-order valence-corrected chi connectivity index (χ1v) is 9.64. The third-order valence-electron chi connectivity index (χ3n) is 3.37. The summed E-state index contributed by atoms with van der Waals surface area (Å²) in [6.45, 7) is 3.89. The summed E-state index contributed by atoms with van der Waals surface area (Å²) in [5, 5.41) is 7.49. The molecule has 1 aromatic rings. The standard InChI is InChI=1S/C13H24N4O3S2/c1-6-8-9-10(7-2)22(19,20)12-15-14-11(21-12)17(5)13(18)16(3)4/h10H,6-9H2,1-5H3. The van der Waals surface area contributed by atoms with E-state index in [-0.39, 0.29) is 15.5 Å². The van der Waals surface area contributed by atoms with Gasteiger partial charge in [0.1, 0.15) is 0 Å². The van der Waals surface area contributed by atoms with Gasteiger partial charge in [-0.2, -0.15) is 0 Å². The molecule has 1 unspecified atom stereocenters. The van der Waals surface area contributed by atoms with E-state index in [0.717, 1.165) is 24.2 Å². The van der Waals surface area contributed by atoms with Gasteiger partial charge in [0, 0.05) is 21.1 Å². The van der Waals surface area contributed by atoms with Gasteiger partial charge in [-0.3, -0.25) is 4.90 Å². The van der Waals surface area contributed by atoms with Gasteiger partial charge in [-0.05, 0) is 12.8 Å². The van der Waals surface area contributed by atoms with Crippen LogP contribution >= 0.6 is 11.3 Å². The lowest BCUT2D eigenvalue weighted by molar-refractivity contribution is 0.225. The molecular weight excluding hydrogens is 324 g/mol. The predicted molar refractivity (Wildman–Crippen MR) is 88.2 cm³/mol. The van der Waals surface area contributed by atoms with E-state index in [1.807, 2.05) is 13.8 Å². The van der Waals surface area contributed by atoms with Crippen molar-refractivity contribution in [2.45, 2.75) is 49.1 Å². The highest BCUT2D eigenvalue weighted by atomic mass is 32.2. The number of amides is 2. The van der Waals surface area contributed by atoms with Crippen molar-refractivity contribution in [1.29, 1.82) is 0 Å². The number of carbonyl (C=O) groups is 1. The Labute approximate surface area is 136 Å². The van der Waals surface area contributed by atoms with Crippen LogP contribution in [0.1, 0.15) is 39.5 Å². The Balaban J connectivity index is 3.01. The smallest absolute Gasteiger partial charge is 0.325 e. The molecule has 0 fully saturated rings. The van der Waals surface area contributed by atoms with Crippen LogP contribution in [0, 0.1) is 0 Å². The van der Waals surface area contributed by atoms with E-state index in [1.54, 1.807) is 21.1 Å². The Morgan fingerprint density at radius 2 is 1.86 bits per heavy atom. The second-order valence-electron chi connectivity index (χ2n) is 5.30. The van der Waals surface area contributed by atoms with Gasteiger partial charge >= 0.3 is 6.03 Å². The van der Waals surface area contributed by atoms with E-state index in [9.17, 15) is 13.2 Å². The molecule has 126 valence electrons. The van der Waals surface area contributed by atoms with Crippen LogP contribution in [0.3, 0.4) is 0 Å². The summed E-state index contributed by atoms with van der Waals surface area (Å²) in [4.78, 5) is 14.6. The maximum atomic E-state index is 12.6. The average Bonchev–Trinajstić information content (AvgIpc) is 2.96. The van der Waals surface area contributed by atoms with Gasteiger partial charge < -0.3 is 4.90 Å². The molecule has 0 radical (unpaired) electrons. The summed E-state index contributed by atoms with van der Waals surface area (Å²) < 4.78 is 25.2. The summed E-state index contributed by atoms with van der Waals surface area (Å²) in [5.41, 5.74) is 0. The van der Waals surface area contributed by atoms with Crippen molar-refractivity contribution in [3.05, 3.63) is 0 Å². The first-order valence-electron chi connectivity index (χ1n) is 7.28. The topological polar surface area (TPSA) is 83.5 Å². The molecule has 1 aromatic heterocycles. The fourth-order valence-electron chi connectivity index (χ4n) is 1.99. The monoisotopic (exact) mass is 348 g/mol. The Morgan fingerprint density at radius 1 is 1.23 bits per heavy atom. The molecule has 2 amide bonds. The molecule has 7 nitrogen and oxygen atoms in total. The maximum absolute atomic E-state index is 12.6. The lowest BCUT2D eigenvalue weighted by Crippen LogP contribution is -2.36. The number of sulfone groups is 1. The molecule has 0 aromatic carbocycles. The van der Waals surface area contributed by atoms with Crippen molar-refractivity contribution < 1.29 is 13.2 Å². The molecule has 0 aliphatic carbocycles. The molecular formula is C13H24N4O3S2. The van der Waals surface area contributed by atoms with E-state index in [0.29, 0.717) is 12.8 Å². The molecule has 0 saturated heterocycles. The van der Waals surface area contributed by atoms with Crippen molar-refractivity contribution in [2.75, 3.05) is 26.0 Å². The van der Waals surface area contributed by atoms with Crippen LogP contribution in [0.5, 0.6) is 0 Å². The molecule has 0 spiro atoms. The molecule has 0 aliphatic rings. The van der Waals surface area contributed by atoms with Gasteiger partial charge in [0.15, 0.2) is 0 Å². The Kier molecular flexibility index (Phi) is 6.73. The lowest BCUT2D eigenvalue weighted by Gasteiger charge is -2.18. The molecule has 1 atom stereocenters. The van der Waals surface area contributed by atoms with Crippen LogP contribution in [0.2, 0.25) is 0 Å². The molecule has 9 heteroatoms. The maximum Gasteiger partial charge on any atom is 0.325 e. The minimum Gasteiger partial charge on any atom is -0.330 e. The number of aromatic nitrogens is 2. The number of carbonyl (C=O) groups excluding carboxylic acids is 1. The van der Waals surface area contributed by atoms with E-state index >= 15 is 0 Å². The molecule has 0 bridgehead atoms. The van der Waals surface area contributed by atoms with E-state index in [4.69, 9.17) is 0 Å². The highest BCUT2D eigenvalue weighted by molar-refractivity contribution is 7.94. The van der Waals surface area contributed by atoms with E-state index in [2.05, 4.69) is 10.2 Å². The van der Waals surface area contributed by atoms with Crippen molar-refractivity contribution in [1.82, 2.24) is 15.1 Å². The summed E-state index contributed by atoms with van der Waals surface area (Å²) in [7, 11) is 1.30. The normalized spacial score (nSPS) is 13.0. The minimum atomic E-state index is -3.49. The summed E-state index contributed by atoms with van der Waals surface area (Å²) >= 11 is 0.939. The van der Waals surface area contributed by atoms with Crippen molar-refractivity contribution in [3.63, 3.8) is 0 Å². The SMILES string of the molecule is CCCCC(CC)S(=O)(=O)c1nnc(N(C)C(=O)N(C)C)s1. The highest BCUT2D eigenvalue weighted by Crippen LogP contribution is 2.28. The van der Waals surface area contributed by atoms with E-state index < -0.39 is 15.1 Å². The van der Waals surface area contributed by atoms with E-state index in [1.165, 1.54) is 9.80 Å². The molecule has 1 heterocycles. The summed E-state index contributed by atoms with van der Waals surface area (Å²) in [6.07, 6.45) is 2.98. The fourth-order valence-corrected chi connectivity index (χ4v) is 4.97. The van der Waals surface area contributed by atoms with Crippen molar-refractivity contribution in [2.24, 2.45) is 0 Å². The first-order chi connectivity index (χ1) is 10.3. The fraction of sp³-hybridized carbons (Fsp3) is 0.769. The molecule has 22 heavy (non-hydrogen) atoms. The average molecular weight is 348 g/mol. The van der Waals surface area contributed by atoms with Crippen LogP contribution < -0.4 is 4.90 Å². The summed E-state index contributed by atoms with van der Waals surface area (Å²) in [6, 6.07) is -0.280. The number of hydrogen-bond acceptors (Lipinski definition) is 6. The number of nitrogens with zero attached hydrogens (tertiary/aromatic N) is 4. The van der Waals surface area contributed by atoms with Crippen molar-refractivity contribution in [3.8, 4) is 0 Å². The van der Waals surface area contributed by atoms with Gasteiger partial charge in [-0.1, -0.05) is 38.0 Å². The minimum absolute atomic E-state index is 0.0103. The third-order valence-corrected chi connectivity index (χ3v) is 7.13. The first kappa shape index (κ1) is 18.8. The second-order valence-corrected chi connectivity index (χ2v) is 8.66. The van der Waals surface area contributed by atoms with Crippen LogP contribution in [0.25, 0.3) is 0 Å². The van der Waals surface area contributed by atoms with Gasteiger partial charge in [0.2, 0.25) is 19.3 Å². The Bertz CT molecular complexity index is 598. The zero-order valence-corrected chi connectivity index (χ0v) is 15.4. The number of unbranched alkanes of at least 4 members (excludes halogenated alkanes) is 1. The van der Waals surface area contributed by atoms with Crippen LogP contribution in [-0.2, 0) is 9.84 Å². The lowest BCUT2D eigenvalue weighted by atomic mass is 10.2. The number of urea groups is 1. The predicted octanol–water partition coefficient (Wildman–Crippen LogP) is 2.40. The van der Waals surface area contributed by atoms with Crippen LogP contribution in [0.4, 0.5) is 9.93 Å². The van der Waals surface area contributed by atoms with Crippen LogP contribution in [0.15, 0.2) is 4.34 Å². The van der Waals surface area contributed by atoms with Crippen molar-refractivity contribution >= 4 is 32.3 Å². The zero-order valence-electron chi connectivity index (χ0n) is 13.7. The number of hydrogen-bond donors (Lipinski definition) is 0. The van der Waals surface area contributed by atoms with Gasteiger partial charge in [-0.25, -0.2) is 13.2 Å². The van der Waals surface area contributed by atoms with Gasteiger partial charge in [0.05, 0.1) is 5.25 Å². The second kappa shape index (κ2) is 7.87. The molecule has 0 aliphatic heterocycles. The molecule has 0 saturated carbocycles. The largest absolute Gasteiger partial charge is 0.330 e.